The lowest BCUT2D eigenvalue weighted by Gasteiger charge is -2.09. The lowest BCUT2D eigenvalue weighted by molar-refractivity contribution is -0.137. The van der Waals surface area contributed by atoms with Crippen LogP contribution in [-0.2, 0) is 9.59 Å². The number of ether oxygens (including phenoxy) is 1. The van der Waals surface area contributed by atoms with Gasteiger partial charge in [0, 0.05) is 31.5 Å². The van der Waals surface area contributed by atoms with Gasteiger partial charge in [-0.25, -0.2) is 0 Å². The molecule has 0 aliphatic heterocycles. The largest absolute Gasteiger partial charge is 0.493 e. The zero-order chi connectivity index (χ0) is 18.7. The molecule has 0 saturated heterocycles. The second-order valence-electron chi connectivity index (χ2n) is 6.08. The first-order valence-electron chi connectivity index (χ1n) is 8.38. The molecule has 0 spiro atoms. The van der Waals surface area contributed by atoms with E-state index in [0.29, 0.717) is 36.8 Å². The van der Waals surface area contributed by atoms with Crippen molar-refractivity contribution in [2.24, 2.45) is 5.92 Å². The maximum atomic E-state index is 12.0. The molecule has 0 unspecified atom stereocenters. The van der Waals surface area contributed by atoms with Crippen LogP contribution >= 0.6 is 0 Å². The van der Waals surface area contributed by atoms with Gasteiger partial charge in [0.1, 0.15) is 5.75 Å². The Morgan fingerprint density at radius 1 is 1.04 bits per heavy atom. The van der Waals surface area contributed by atoms with E-state index in [1.807, 2.05) is 0 Å². The number of amides is 2. The van der Waals surface area contributed by atoms with Gasteiger partial charge in [0.15, 0.2) is 0 Å². The number of hydrogen-bond acceptors (Lipinski definition) is 4. The molecule has 25 heavy (non-hydrogen) atoms. The minimum Gasteiger partial charge on any atom is -0.493 e. The Morgan fingerprint density at radius 2 is 1.72 bits per heavy atom. The van der Waals surface area contributed by atoms with E-state index in [2.05, 4.69) is 24.5 Å². The van der Waals surface area contributed by atoms with E-state index in [0.717, 1.165) is 0 Å². The summed E-state index contributed by atoms with van der Waals surface area (Å²) in [5.41, 5.74) is 0.499. The summed E-state index contributed by atoms with van der Waals surface area (Å²) in [6.45, 7) is 5.27. The summed E-state index contributed by atoms with van der Waals surface area (Å²) in [6, 6.07) is 6.84. The summed E-state index contributed by atoms with van der Waals surface area (Å²) in [5.74, 6) is -0.219. The Bertz CT molecular complexity index is 569. The number of carboxylic acid groups (broad SMARTS) is 1. The van der Waals surface area contributed by atoms with Gasteiger partial charge in [-0.3, -0.25) is 14.4 Å². The van der Waals surface area contributed by atoms with Crippen LogP contribution in [0.4, 0.5) is 0 Å². The second-order valence-corrected chi connectivity index (χ2v) is 6.08. The van der Waals surface area contributed by atoms with Crippen LogP contribution in [0.1, 0.15) is 43.5 Å². The van der Waals surface area contributed by atoms with Crippen LogP contribution in [0, 0.1) is 5.92 Å². The van der Waals surface area contributed by atoms with Crippen molar-refractivity contribution >= 4 is 17.8 Å². The molecule has 1 rings (SSSR count). The molecular weight excluding hydrogens is 324 g/mol. The van der Waals surface area contributed by atoms with Gasteiger partial charge in [0.05, 0.1) is 6.61 Å². The number of nitrogens with one attached hydrogen (secondary N) is 2. The summed E-state index contributed by atoms with van der Waals surface area (Å²) < 4.78 is 5.55. The molecule has 0 aromatic heterocycles. The van der Waals surface area contributed by atoms with Crippen LogP contribution in [0.2, 0.25) is 0 Å². The van der Waals surface area contributed by atoms with E-state index >= 15 is 0 Å². The third-order valence-corrected chi connectivity index (χ3v) is 3.23. The summed E-state index contributed by atoms with van der Waals surface area (Å²) in [4.78, 5) is 33.9. The van der Waals surface area contributed by atoms with Crippen LogP contribution < -0.4 is 15.4 Å². The predicted octanol–water partition coefficient (Wildman–Crippen LogP) is 1.82. The molecule has 1 aromatic carbocycles. The number of aliphatic carboxylic acids is 1. The van der Waals surface area contributed by atoms with E-state index in [-0.39, 0.29) is 31.2 Å². The Labute approximate surface area is 147 Å². The SMILES string of the molecule is CC(C)COc1ccc(C(=O)NCCC(=O)NCCCC(=O)O)cc1. The molecule has 0 radical (unpaired) electrons. The van der Waals surface area contributed by atoms with Gasteiger partial charge in [-0.05, 0) is 36.6 Å². The van der Waals surface area contributed by atoms with E-state index in [9.17, 15) is 14.4 Å². The second kappa shape index (κ2) is 11.1. The zero-order valence-corrected chi connectivity index (χ0v) is 14.7. The molecule has 7 heteroatoms. The van der Waals surface area contributed by atoms with Crippen LogP contribution in [0.5, 0.6) is 5.75 Å². The molecule has 2 amide bonds. The first kappa shape index (κ1) is 20.5. The van der Waals surface area contributed by atoms with Gasteiger partial charge in [-0.15, -0.1) is 0 Å². The Morgan fingerprint density at radius 3 is 2.32 bits per heavy atom. The molecular formula is C18H26N2O5. The molecule has 0 aliphatic carbocycles. The average Bonchev–Trinajstić information content (AvgIpc) is 2.57. The monoisotopic (exact) mass is 350 g/mol. The first-order valence-corrected chi connectivity index (χ1v) is 8.38. The van der Waals surface area contributed by atoms with Crippen LogP contribution in [0.3, 0.4) is 0 Å². The van der Waals surface area contributed by atoms with Crippen molar-refractivity contribution in [3.8, 4) is 5.75 Å². The molecule has 0 fully saturated rings. The van der Waals surface area contributed by atoms with Crippen molar-refractivity contribution in [3.05, 3.63) is 29.8 Å². The molecule has 138 valence electrons. The Balaban J connectivity index is 2.25. The molecule has 0 bridgehead atoms. The molecule has 0 heterocycles. The first-order chi connectivity index (χ1) is 11.9. The van der Waals surface area contributed by atoms with E-state index < -0.39 is 5.97 Å². The van der Waals surface area contributed by atoms with Gasteiger partial charge in [0.2, 0.25) is 5.91 Å². The lowest BCUT2D eigenvalue weighted by atomic mass is 10.2. The van der Waals surface area contributed by atoms with Crippen molar-refractivity contribution in [2.45, 2.75) is 33.1 Å². The third kappa shape index (κ3) is 9.34. The minimum atomic E-state index is -0.887. The fourth-order valence-corrected chi connectivity index (χ4v) is 1.91. The number of carbonyl (C=O) groups is 3. The maximum Gasteiger partial charge on any atom is 0.303 e. The number of hydrogen-bond donors (Lipinski definition) is 3. The van der Waals surface area contributed by atoms with Crippen molar-refractivity contribution < 1.29 is 24.2 Å². The van der Waals surface area contributed by atoms with Crippen LogP contribution in [0.15, 0.2) is 24.3 Å². The zero-order valence-electron chi connectivity index (χ0n) is 14.7. The summed E-state index contributed by atoms with van der Waals surface area (Å²) in [7, 11) is 0. The number of carbonyl (C=O) groups excluding carboxylic acids is 2. The topological polar surface area (TPSA) is 105 Å². The fraction of sp³-hybridized carbons (Fsp3) is 0.500. The Hall–Kier alpha value is -2.57. The van der Waals surface area contributed by atoms with Gasteiger partial charge in [-0.2, -0.15) is 0 Å². The van der Waals surface area contributed by atoms with E-state index in [1.54, 1.807) is 24.3 Å². The quantitative estimate of drug-likeness (QED) is 0.528. The maximum absolute atomic E-state index is 12.0. The van der Waals surface area contributed by atoms with Crippen LogP contribution in [0.25, 0.3) is 0 Å². The highest BCUT2D eigenvalue weighted by Crippen LogP contribution is 2.13. The Kier molecular flexibility index (Phi) is 9.06. The van der Waals surface area contributed by atoms with Gasteiger partial charge < -0.3 is 20.5 Å². The molecule has 3 N–H and O–H groups in total. The highest BCUT2D eigenvalue weighted by molar-refractivity contribution is 5.94. The average molecular weight is 350 g/mol. The number of carboxylic acids is 1. The normalized spacial score (nSPS) is 10.4. The van der Waals surface area contributed by atoms with Gasteiger partial charge in [-0.1, -0.05) is 13.8 Å². The predicted molar refractivity (Wildman–Crippen MR) is 93.6 cm³/mol. The highest BCUT2D eigenvalue weighted by atomic mass is 16.5. The molecule has 0 atom stereocenters. The molecule has 7 nitrogen and oxygen atoms in total. The lowest BCUT2D eigenvalue weighted by Crippen LogP contribution is -2.31. The number of rotatable bonds is 11. The third-order valence-electron chi connectivity index (χ3n) is 3.23. The number of benzene rings is 1. The molecule has 0 aliphatic rings. The van der Waals surface area contributed by atoms with Crippen molar-refractivity contribution in [3.63, 3.8) is 0 Å². The van der Waals surface area contributed by atoms with E-state index in [4.69, 9.17) is 9.84 Å². The summed E-state index contributed by atoms with van der Waals surface area (Å²) in [6.07, 6.45) is 0.556. The summed E-state index contributed by atoms with van der Waals surface area (Å²) >= 11 is 0. The van der Waals surface area contributed by atoms with Crippen molar-refractivity contribution in [2.75, 3.05) is 19.7 Å². The highest BCUT2D eigenvalue weighted by Gasteiger charge is 2.07. The fourth-order valence-electron chi connectivity index (χ4n) is 1.91. The van der Waals surface area contributed by atoms with Crippen molar-refractivity contribution in [1.29, 1.82) is 0 Å². The minimum absolute atomic E-state index is 0.0217. The van der Waals surface area contributed by atoms with Crippen LogP contribution in [-0.4, -0.2) is 42.6 Å². The van der Waals surface area contributed by atoms with Gasteiger partial charge in [0.25, 0.3) is 5.91 Å². The summed E-state index contributed by atoms with van der Waals surface area (Å²) in [5, 5.41) is 13.8. The molecule has 0 saturated carbocycles. The standard InChI is InChI=1S/C18H26N2O5/c1-13(2)12-25-15-7-5-14(6-8-15)18(24)20-11-9-16(21)19-10-3-4-17(22)23/h5-8,13H,3-4,9-12H2,1-2H3,(H,19,21)(H,20,24)(H,22,23). The van der Waals surface area contributed by atoms with Crippen molar-refractivity contribution in [1.82, 2.24) is 10.6 Å². The van der Waals surface area contributed by atoms with Gasteiger partial charge >= 0.3 is 5.97 Å². The van der Waals surface area contributed by atoms with E-state index in [1.165, 1.54) is 0 Å². The smallest absolute Gasteiger partial charge is 0.303 e. The molecule has 1 aromatic rings.